The minimum atomic E-state index is -0.251. The Bertz CT molecular complexity index is 862. The van der Waals surface area contributed by atoms with Crippen molar-refractivity contribution in [1.29, 1.82) is 0 Å². The molecule has 1 N–H and O–H groups in total. The van der Waals surface area contributed by atoms with Crippen LogP contribution in [0.3, 0.4) is 0 Å². The maximum Gasteiger partial charge on any atom is 0.249 e. The second-order valence-corrected chi connectivity index (χ2v) is 6.51. The molecule has 2 aromatic rings. The Balaban J connectivity index is 1.54. The van der Waals surface area contributed by atoms with E-state index in [9.17, 15) is 4.79 Å². The minimum Gasteiger partial charge on any atom is -0.468 e. The van der Waals surface area contributed by atoms with Crippen LogP contribution in [0, 0.1) is 0 Å². The Morgan fingerprint density at radius 1 is 1.15 bits per heavy atom. The van der Waals surface area contributed by atoms with Crippen molar-refractivity contribution in [2.45, 2.75) is 0 Å². The zero-order valence-electron chi connectivity index (χ0n) is 14.8. The van der Waals surface area contributed by atoms with Crippen LogP contribution >= 0.6 is 11.8 Å². The first-order chi connectivity index (χ1) is 13.2. The molecule has 1 heterocycles. The third-order valence-corrected chi connectivity index (χ3v) is 4.47. The molecular formula is C20H19N3O3S. The SMILES string of the molecule is COCOc1ccc(/C=C/C(=O)NC2=NN=C(c3ccccc3)CS2)cc1. The molecule has 0 aliphatic carbocycles. The van der Waals surface area contributed by atoms with Gasteiger partial charge in [0.15, 0.2) is 12.0 Å². The van der Waals surface area contributed by atoms with Crippen molar-refractivity contribution in [3.05, 3.63) is 71.8 Å². The molecule has 0 atom stereocenters. The normalized spacial score (nSPS) is 13.8. The molecule has 27 heavy (non-hydrogen) atoms. The summed E-state index contributed by atoms with van der Waals surface area (Å²) in [6.45, 7) is 0.200. The van der Waals surface area contributed by atoms with E-state index >= 15 is 0 Å². The first-order valence-electron chi connectivity index (χ1n) is 8.28. The van der Waals surface area contributed by atoms with Gasteiger partial charge in [-0.15, -0.1) is 5.10 Å². The third kappa shape index (κ3) is 5.80. The molecule has 0 saturated carbocycles. The first-order valence-corrected chi connectivity index (χ1v) is 9.27. The molecule has 1 aliphatic heterocycles. The van der Waals surface area contributed by atoms with Gasteiger partial charge in [0.25, 0.3) is 0 Å². The number of carbonyl (C=O) groups is 1. The zero-order valence-corrected chi connectivity index (χ0v) is 15.6. The van der Waals surface area contributed by atoms with Gasteiger partial charge in [0.05, 0.1) is 5.71 Å². The molecule has 7 heteroatoms. The van der Waals surface area contributed by atoms with Crippen molar-refractivity contribution in [1.82, 2.24) is 5.32 Å². The van der Waals surface area contributed by atoms with Crippen molar-refractivity contribution >= 4 is 34.6 Å². The lowest BCUT2D eigenvalue weighted by atomic mass is 10.1. The number of benzene rings is 2. The molecule has 2 aromatic carbocycles. The van der Waals surface area contributed by atoms with Gasteiger partial charge < -0.3 is 14.8 Å². The molecule has 0 saturated heterocycles. The van der Waals surface area contributed by atoms with Crippen LogP contribution in [-0.2, 0) is 9.53 Å². The number of carbonyl (C=O) groups excluding carboxylic acids is 1. The van der Waals surface area contributed by atoms with E-state index in [1.165, 1.54) is 17.8 Å². The molecule has 0 unspecified atom stereocenters. The molecule has 3 rings (SSSR count). The molecule has 0 fully saturated rings. The standard InChI is InChI=1S/C20H19N3O3S/c1-25-14-26-17-10-7-15(8-11-17)9-12-19(24)21-20-23-22-18(13-27-20)16-5-3-2-4-6-16/h2-12H,13-14H2,1H3,(H,21,23,24)/b12-9+. The van der Waals surface area contributed by atoms with Gasteiger partial charge in [-0.1, -0.05) is 54.2 Å². The van der Waals surface area contributed by atoms with E-state index < -0.39 is 0 Å². The lowest BCUT2D eigenvalue weighted by molar-refractivity contribution is -0.115. The van der Waals surface area contributed by atoms with Gasteiger partial charge in [0.1, 0.15) is 5.75 Å². The summed E-state index contributed by atoms with van der Waals surface area (Å²) in [7, 11) is 1.57. The van der Waals surface area contributed by atoms with Crippen molar-refractivity contribution in [2.75, 3.05) is 19.7 Å². The summed E-state index contributed by atoms with van der Waals surface area (Å²) in [4.78, 5) is 12.1. The van der Waals surface area contributed by atoms with Gasteiger partial charge >= 0.3 is 0 Å². The highest BCUT2D eigenvalue weighted by atomic mass is 32.2. The maximum absolute atomic E-state index is 12.1. The van der Waals surface area contributed by atoms with Crippen LogP contribution in [0.1, 0.15) is 11.1 Å². The Labute approximate surface area is 162 Å². The Morgan fingerprint density at radius 3 is 2.59 bits per heavy atom. The Morgan fingerprint density at radius 2 is 1.93 bits per heavy atom. The lowest BCUT2D eigenvalue weighted by Gasteiger charge is -2.11. The number of rotatable bonds is 6. The van der Waals surface area contributed by atoms with Gasteiger partial charge in [-0.2, -0.15) is 5.10 Å². The van der Waals surface area contributed by atoms with E-state index in [0.717, 1.165) is 16.8 Å². The molecule has 0 aromatic heterocycles. The average Bonchev–Trinajstić information content (AvgIpc) is 2.73. The number of hydrogen-bond donors (Lipinski definition) is 1. The summed E-state index contributed by atoms with van der Waals surface area (Å²) < 4.78 is 10.2. The molecule has 6 nitrogen and oxygen atoms in total. The fourth-order valence-corrected chi connectivity index (χ4v) is 3.02. The van der Waals surface area contributed by atoms with E-state index in [1.54, 1.807) is 13.2 Å². The Kier molecular flexibility index (Phi) is 6.78. The van der Waals surface area contributed by atoms with Gasteiger partial charge in [-0.05, 0) is 29.3 Å². The summed E-state index contributed by atoms with van der Waals surface area (Å²) in [6.07, 6.45) is 3.19. The predicted molar refractivity (Wildman–Crippen MR) is 109 cm³/mol. The van der Waals surface area contributed by atoms with Crippen molar-refractivity contribution in [2.24, 2.45) is 10.2 Å². The van der Waals surface area contributed by atoms with Crippen molar-refractivity contribution in [3.63, 3.8) is 0 Å². The largest absolute Gasteiger partial charge is 0.468 e. The van der Waals surface area contributed by atoms with Gasteiger partial charge in [0, 0.05) is 18.9 Å². The van der Waals surface area contributed by atoms with Crippen molar-refractivity contribution in [3.8, 4) is 5.75 Å². The van der Waals surface area contributed by atoms with Crippen LogP contribution in [0.5, 0.6) is 5.75 Å². The van der Waals surface area contributed by atoms with Crippen LogP contribution in [0.4, 0.5) is 0 Å². The quantitative estimate of drug-likeness (QED) is 0.616. The molecule has 1 aliphatic rings. The highest BCUT2D eigenvalue weighted by Gasteiger charge is 2.13. The maximum atomic E-state index is 12.1. The number of nitrogens with one attached hydrogen (secondary N) is 1. The zero-order chi connectivity index (χ0) is 18.9. The molecular weight excluding hydrogens is 362 g/mol. The molecule has 0 bridgehead atoms. The van der Waals surface area contributed by atoms with Gasteiger partial charge in [0.2, 0.25) is 5.91 Å². The van der Waals surface area contributed by atoms with Crippen LogP contribution in [0.2, 0.25) is 0 Å². The van der Waals surface area contributed by atoms with Gasteiger partial charge in [-0.3, -0.25) is 4.79 Å². The summed E-state index contributed by atoms with van der Waals surface area (Å²) >= 11 is 1.45. The first kappa shape index (κ1) is 18.9. The summed E-state index contributed by atoms with van der Waals surface area (Å²) in [6, 6.07) is 17.2. The lowest BCUT2D eigenvalue weighted by Crippen LogP contribution is -2.29. The van der Waals surface area contributed by atoms with E-state index in [1.807, 2.05) is 54.6 Å². The highest BCUT2D eigenvalue weighted by Crippen LogP contribution is 2.15. The summed E-state index contributed by atoms with van der Waals surface area (Å²) in [5, 5.41) is 11.5. The fourth-order valence-electron chi connectivity index (χ4n) is 2.25. The van der Waals surface area contributed by atoms with Gasteiger partial charge in [-0.25, -0.2) is 0 Å². The molecule has 0 radical (unpaired) electrons. The van der Waals surface area contributed by atoms with Crippen LogP contribution in [0.15, 0.2) is 70.9 Å². The predicted octanol–water partition coefficient (Wildman–Crippen LogP) is 3.31. The van der Waals surface area contributed by atoms with Crippen LogP contribution in [0.25, 0.3) is 6.08 Å². The van der Waals surface area contributed by atoms with E-state index in [2.05, 4.69) is 15.5 Å². The minimum absolute atomic E-state index is 0.200. The molecule has 0 spiro atoms. The number of methoxy groups -OCH3 is 1. The topological polar surface area (TPSA) is 72.3 Å². The van der Waals surface area contributed by atoms with E-state index in [-0.39, 0.29) is 12.7 Å². The van der Waals surface area contributed by atoms with Crippen LogP contribution < -0.4 is 10.1 Å². The average molecular weight is 381 g/mol. The summed E-state index contributed by atoms with van der Waals surface area (Å²) in [5.41, 5.74) is 2.82. The van der Waals surface area contributed by atoms with Crippen molar-refractivity contribution < 1.29 is 14.3 Å². The number of thioether (sulfide) groups is 1. The second kappa shape index (κ2) is 9.70. The van der Waals surface area contributed by atoms with E-state index in [0.29, 0.717) is 16.7 Å². The molecule has 1 amide bonds. The number of nitrogens with zero attached hydrogens (tertiary/aromatic N) is 2. The number of amidine groups is 1. The third-order valence-electron chi connectivity index (χ3n) is 3.59. The smallest absolute Gasteiger partial charge is 0.249 e. The number of amides is 1. The fraction of sp³-hybridized carbons (Fsp3) is 0.150. The summed E-state index contributed by atoms with van der Waals surface area (Å²) in [5.74, 6) is 1.12. The Hall–Kier alpha value is -2.90. The van der Waals surface area contributed by atoms with Crippen LogP contribution in [-0.4, -0.2) is 36.4 Å². The number of ether oxygens (including phenoxy) is 2. The monoisotopic (exact) mass is 381 g/mol. The number of hydrogen-bond acceptors (Lipinski definition) is 6. The second-order valence-electron chi connectivity index (χ2n) is 5.55. The van der Waals surface area contributed by atoms with E-state index in [4.69, 9.17) is 9.47 Å². The highest BCUT2D eigenvalue weighted by molar-refractivity contribution is 8.14. The molecule has 138 valence electrons.